The zero-order valence-corrected chi connectivity index (χ0v) is 14.9. The van der Waals surface area contributed by atoms with Crippen LogP contribution in [0.5, 0.6) is 0 Å². The fraction of sp³-hybridized carbons (Fsp3) is 0.588. The Bertz CT molecular complexity index is 702. The number of aromatic nitrogens is 3. The van der Waals surface area contributed by atoms with Crippen molar-refractivity contribution in [1.29, 1.82) is 0 Å². The molecule has 0 aliphatic heterocycles. The lowest BCUT2D eigenvalue weighted by Gasteiger charge is -2.22. The Morgan fingerprint density at radius 2 is 1.96 bits per heavy atom. The fourth-order valence-corrected chi connectivity index (χ4v) is 2.79. The average Bonchev–Trinajstić information content (AvgIpc) is 2.93. The van der Waals surface area contributed by atoms with Crippen LogP contribution in [0.3, 0.4) is 0 Å². The Balaban J connectivity index is 2.81. The molecule has 0 amide bonds. The maximum Gasteiger partial charge on any atom is 0.342 e. The SMILES string of the molecule is CCOC(=O)c1c(C)nc(N(CC)CC)c2ncn(C(C)C)c12. The van der Waals surface area contributed by atoms with Gasteiger partial charge in [-0.1, -0.05) is 0 Å². The number of rotatable bonds is 6. The first kappa shape index (κ1) is 17.2. The van der Waals surface area contributed by atoms with Gasteiger partial charge in [-0.05, 0) is 41.5 Å². The Morgan fingerprint density at radius 3 is 2.48 bits per heavy atom. The van der Waals surface area contributed by atoms with Crippen molar-refractivity contribution in [3.05, 3.63) is 17.6 Å². The molecule has 23 heavy (non-hydrogen) atoms. The van der Waals surface area contributed by atoms with Crippen LogP contribution < -0.4 is 4.90 Å². The van der Waals surface area contributed by atoms with E-state index in [1.54, 1.807) is 6.33 Å². The molecule has 0 saturated carbocycles. The molecular formula is C17H26N4O2. The third-order valence-corrected chi connectivity index (χ3v) is 3.98. The van der Waals surface area contributed by atoms with E-state index < -0.39 is 0 Å². The molecule has 0 fully saturated rings. The monoisotopic (exact) mass is 318 g/mol. The second-order valence-corrected chi connectivity index (χ2v) is 5.73. The molecule has 0 aliphatic rings. The average molecular weight is 318 g/mol. The Kier molecular flexibility index (Phi) is 5.23. The van der Waals surface area contributed by atoms with E-state index >= 15 is 0 Å². The van der Waals surface area contributed by atoms with E-state index in [1.807, 2.05) is 18.4 Å². The van der Waals surface area contributed by atoms with E-state index in [2.05, 4.69) is 42.6 Å². The number of hydrogen-bond acceptors (Lipinski definition) is 5. The van der Waals surface area contributed by atoms with Crippen molar-refractivity contribution in [3.63, 3.8) is 0 Å². The molecule has 2 rings (SSSR count). The molecule has 2 aromatic rings. The number of esters is 1. The fourth-order valence-electron chi connectivity index (χ4n) is 2.79. The normalized spacial score (nSPS) is 11.3. The summed E-state index contributed by atoms with van der Waals surface area (Å²) in [4.78, 5) is 23.8. The number of pyridine rings is 1. The van der Waals surface area contributed by atoms with Crippen LogP contribution in [0.2, 0.25) is 0 Å². The molecule has 2 aromatic heterocycles. The van der Waals surface area contributed by atoms with E-state index in [9.17, 15) is 4.79 Å². The second-order valence-electron chi connectivity index (χ2n) is 5.73. The van der Waals surface area contributed by atoms with Gasteiger partial charge < -0.3 is 14.2 Å². The van der Waals surface area contributed by atoms with Gasteiger partial charge >= 0.3 is 5.97 Å². The van der Waals surface area contributed by atoms with Crippen molar-refractivity contribution in [3.8, 4) is 0 Å². The standard InChI is InChI=1S/C17H26N4O2/c1-7-20(8-2)16-14-15(21(10-18-14)11(4)5)13(12(6)19-16)17(22)23-9-3/h10-11H,7-9H2,1-6H3. The number of hydrogen-bond donors (Lipinski definition) is 0. The van der Waals surface area contributed by atoms with Crippen LogP contribution in [-0.2, 0) is 4.74 Å². The number of anilines is 1. The molecule has 2 heterocycles. The summed E-state index contributed by atoms with van der Waals surface area (Å²) in [5.41, 5.74) is 2.77. The molecule has 0 spiro atoms. The third-order valence-electron chi connectivity index (χ3n) is 3.98. The molecule has 0 aliphatic carbocycles. The van der Waals surface area contributed by atoms with Crippen LogP contribution in [-0.4, -0.2) is 40.2 Å². The summed E-state index contributed by atoms with van der Waals surface area (Å²) >= 11 is 0. The Labute approximate surface area is 137 Å². The molecule has 0 bridgehead atoms. The van der Waals surface area contributed by atoms with Crippen molar-refractivity contribution >= 4 is 22.8 Å². The number of aryl methyl sites for hydroxylation is 1. The summed E-state index contributed by atoms with van der Waals surface area (Å²) in [6, 6.07) is 0.194. The lowest BCUT2D eigenvalue weighted by Crippen LogP contribution is -2.24. The van der Waals surface area contributed by atoms with Gasteiger partial charge in [0.15, 0.2) is 5.82 Å². The van der Waals surface area contributed by atoms with Crippen LogP contribution in [0, 0.1) is 6.92 Å². The van der Waals surface area contributed by atoms with E-state index in [-0.39, 0.29) is 12.0 Å². The van der Waals surface area contributed by atoms with Gasteiger partial charge in [-0.15, -0.1) is 0 Å². The highest BCUT2D eigenvalue weighted by Crippen LogP contribution is 2.31. The molecule has 6 heteroatoms. The van der Waals surface area contributed by atoms with E-state index in [0.29, 0.717) is 17.9 Å². The van der Waals surface area contributed by atoms with Gasteiger partial charge in [-0.25, -0.2) is 14.8 Å². The predicted octanol–water partition coefficient (Wildman–Crippen LogP) is 3.34. The molecule has 0 unspecified atom stereocenters. The quantitative estimate of drug-likeness (QED) is 0.764. The summed E-state index contributed by atoms with van der Waals surface area (Å²) in [5.74, 6) is 0.492. The van der Waals surface area contributed by atoms with Gasteiger partial charge in [0.05, 0.1) is 24.1 Å². The zero-order chi connectivity index (χ0) is 17.1. The highest BCUT2D eigenvalue weighted by molar-refractivity contribution is 6.05. The second kappa shape index (κ2) is 6.98. The smallest absolute Gasteiger partial charge is 0.342 e. The van der Waals surface area contributed by atoms with Gasteiger partial charge in [0.1, 0.15) is 11.1 Å². The summed E-state index contributed by atoms with van der Waals surface area (Å²) in [5, 5.41) is 0. The first-order chi connectivity index (χ1) is 11.0. The minimum absolute atomic E-state index is 0.194. The van der Waals surface area contributed by atoms with Crippen molar-refractivity contribution in [2.45, 2.75) is 47.6 Å². The maximum absolute atomic E-state index is 12.5. The number of carbonyl (C=O) groups excluding carboxylic acids is 1. The molecule has 0 radical (unpaired) electrons. The van der Waals surface area contributed by atoms with Crippen molar-refractivity contribution in [1.82, 2.24) is 14.5 Å². The van der Waals surface area contributed by atoms with Gasteiger partial charge in [0, 0.05) is 19.1 Å². The Hall–Kier alpha value is -2.11. The maximum atomic E-state index is 12.5. The van der Waals surface area contributed by atoms with Crippen molar-refractivity contribution < 1.29 is 9.53 Å². The molecule has 6 nitrogen and oxygen atoms in total. The number of ether oxygens (including phenoxy) is 1. The van der Waals surface area contributed by atoms with Crippen LogP contribution in [0.1, 0.15) is 56.7 Å². The minimum Gasteiger partial charge on any atom is -0.462 e. The zero-order valence-electron chi connectivity index (χ0n) is 14.9. The van der Waals surface area contributed by atoms with Crippen LogP contribution >= 0.6 is 0 Å². The topological polar surface area (TPSA) is 60.2 Å². The number of imidazole rings is 1. The lowest BCUT2D eigenvalue weighted by atomic mass is 10.1. The summed E-state index contributed by atoms with van der Waals surface area (Å²) < 4.78 is 7.26. The van der Waals surface area contributed by atoms with E-state index in [4.69, 9.17) is 4.74 Å². The van der Waals surface area contributed by atoms with Gasteiger partial charge in [-0.2, -0.15) is 0 Å². The highest BCUT2D eigenvalue weighted by atomic mass is 16.5. The van der Waals surface area contributed by atoms with Crippen molar-refractivity contribution in [2.75, 3.05) is 24.6 Å². The van der Waals surface area contributed by atoms with Crippen LogP contribution in [0.4, 0.5) is 5.82 Å². The van der Waals surface area contributed by atoms with Gasteiger partial charge in [-0.3, -0.25) is 0 Å². The summed E-state index contributed by atoms with van der Waals surface area (Å²) in [6.45, 7) is 14.0. The van der Waals surface area contributed by atoms with E-state index in [0.717, 1.165) is 29.9 Å². The largest absolute Gasteiger partial charge is 0.462 e. The molecular weight excluding hydrogens is 292 g/mol. The molecule has 0 saturated heterocycles. The van der Waals surface area contributed by atoms with E-state index in [1.165, 1.54) is 0 Å². The summed E-state index contributed by atoms with van der Waals surface area (Å²) in [7, 11) is 0. The van der Waals surface area contributed by atoms with Crippen molar-refractivity contribution in [2.24, 2.45) is 0 Å². The Morgan fingerprint density at radius 1 is 1.30 bits per heavy atom. The predicted molar refractivity (Wildman–Crippen MR) is 92.2 cm³/mol. The number of fused-ring (bicyclic) bond motifs is 1. The number of carbonyl (C=O) groups is 1. The molecule has 0 aromatic carbocycles. The van der Waals surface area contributed by atoms with Crippen LogP contribution in [0.15, 0.2) is 6.33 Å². The first-order valence-electron chi connectivity index (χ1n) is 8.25. The molecule has 126 valence electrons. The van der Waals surface area contributed by atoms with Gasteiger partial charge in [0.2, 0.25) is 0 Å². The minimum atomic E-state index is -0.337. The first-order valence-corrected chi connectivity index (χ1v) is 8.25. The number of nitrogens with zero attached hydrogens (tertiary/aromatic N) is 4. The molecule has 0 N–H and O–H groups in total. The van der Waals surface area contributed by atoms with Crippen LogP contribution in [0.25, 0.3) is 11.0 Å². The lowest BCUT2D eigenvalue weighted by molar-refractivity contribution is 0.0527. The molecule has 0 atom stereocenters. The van der Waals surface area contributed by atoms with Gasteiger partial charge in [0.25, 0.3) is 0 Å². The summed E-state index contributed by atoms with van der Waals surface area (Å²) in [6.07, 6.45) is 1.78. The third kappa shape index (κ3) is 3.02. The highest BCUT2D eigenvalue weighted by Gasteiger charge is 2.25.